The van der Waals surface area contributed by atoms with Crippen LogP contribution in [0.3, 0.4) is 0 Å². The van der Waals surface area contributed by atoms with Crippen LogP contribution in [0.15, 0.2) is 18.2 Å². The van der Waals surface area contributed by atoms with Gasteiger partial charge >= 0.3 is 0 Å². The van der Waals surface area contributed by atoms with Crippen molar-refractivity contribution >= 4 is 0 Å². The molecule has 0 saturated heterocycles. The zero-order valence-corrected chi connectivity index (χ0v) is 8.83. The second-order valence-electron chi connectivity index (χ2n) is 4.44. The topological polar surface area (TPSA) is 46.2 Å². The predicted molar refractivity (Wildman–Crippen MR) is 57.0 cm³/mol. The van der Waals surface area contributed by atoms with Gasteiger partial charge in [0.2, 0.25) is 0 Å². The lowest BCUT2D eigenvalue weighted by Gasteiger charge is -2.16. The first-order chi connectivity index (χ1) is 7.10. The van der Waals surface area contributed by atoms with Crippen molar-refractivity contribution in [1.29, 1.82) is 0 Å². The molecule has 1 atom stereocenters. The molecule has 3 heteroatoms. The first-order valence-electron chi connectivity index (χ1n) is 5.26. The summed E-state index contributed by atoms with van der Waals surface area (Å²) in [6.07, 6.45) is 1.73. The summed E-state index contributed by atoms with van der Waals surface area (Å²) in [5.74, 6) is -0.237. The molecule has 0 unspecified atom stereocenters. The largest absolute Gasteiger partial charge is 0.395 e. The van der Waals surface area contributed by atoms with Crippen molar-refractivity contribution in [2.75, 3.05) is 6.61 Å². The van der Waals surface area contributed by atoms with Crippen LogP contribution in [-0.4, -0.2) is 11.7 Å². The summed E-state index contributed by atoms with van der Waals surface area (Å²) in [4.78, 5) is 0. The molecule has 0 bridgehead atoms. The maximum atomic E-state index is 14.1. The number of benzene rings is 1. The van der Waals surface area contributed by atoms with Crippen molar-refractivity contribution < 1.29 is 9.50 Å². The summed E-state index contributed by atoms with van der Waals surface area (Å²) in [6, 6.07) is 4.97. The fourth-order valence-corrected chi connectivity index (χ4v) is 1.97. The highest BCUT2D eigenvalue weighted by Crippen LogP contribution is 2.49. The van der Waals surface area contributed by atoms with Gasteiger partial charge in [-0.1, -0.05) is 18.2 Å². The molecule has 0 radical (unpaired) electrons. The molecule has 1 aromatic rings. The van der Waals surface area contributed by atoms with E-state index in [1.165, 1.54) is 0 Å². The fourth-order valence-electron chi connectivity index (χ4n) is 1.97. The average molecular weight is 209 g/mol. The van der Waals surface area contributed by atoms with Gasteiger partial charge in [-0.3, -0.25) is 0 Å². The Bertz CT molecular complexity index is 372. The third-order valence-electron chi connectivity index (χ3n) is 3.25. The van der Waals surface area contributed by atoms with Crippen molar-refractivity contribution in [3.05, 3.63) is 35.1 Å². The molecular formula is C12H16FNO. The van der Waals surface area contributed by atoms with E-state index < -0.39 is 0 Å². The van der Waals surface area contributed by atoms with Gasteiger partial charge in [-0.2, -0.15) is 0 Å². The van der Waals surface area contributed by atoms with E-state index in [1.54, 1.807) is 19.1 Å². The molecule has 1 aromatic carbocycles. The van der Waals surface area contributed by atoms with Gasteiger partial charge in [-0.15, -0.1) is 0 Å². The van der Waals surface area contributed by atoms with Gasteiger partial charge in [0.05, 0.1) is 6.61 Å². The minimum atomic E-state index is -0.324. The van der Waals surface area contributed by atoms with Gasteiger partial charge in [-0.25, -0.2) is 4.39 Å². The molecule has 3 N–H and O–H groups in total. The third kappa shape index (κ3) is 1.66. The average Bonchev–Trinajstić information content (AvgIpc) is 2.98. The molecular weight excluding hydrogens is 193 g/mol. The van der Waals surface area contributed by atoms with E-state index in [4.69, 9.17) is 5.73 Å². The SMILES string of the molecule is C[C@@H](N)c1cccc(C2(CO)CC2)c1F. The summed E-state index contributed by atoms with van der Waals surface area (Å²) in [7, 11) is 0. The summed E-state index contributed by atoms with van der Waals surface area (Å²) >= 11 is 0. The van der Waals surface area contributed by atoms with Crippen LogP contribution >= 0.6 is 0 Å². The van der Waals surface area contributed by atoms with Crippen LogP contribution in [0, 0.1) is 5.82 Å². The van der Waals surface area contributed by atoms with Crippen LogP contribution in [0.2, 0.25) is 0 Å². The van der Waals surface area contributed by atoms with Crippen LogP contribution < -0.4 is 5.73 Å². The maximum Gasteiger partial charge on any atom is 0.131 e. The van der Waals surface area contributed by atoms with Crippen LogP contribution in [0.25, 0.3) is 0 Å². The molecule has 2 nitrogen and oxygen atoms in total. The lowest BCUT2D eigenvalue weighted by Crippen LogP contribution is -2.17. The van der Waals surface area contributed by atoms with E-state index in [-0.39, 0.29) is 23.9 Å². The molecule has 2 rings (SSSR count). The number of aliphatic hydroxyl groups excluding tert-OH is 1. The van der Waals surface area contributed by atoms with Crippen molar-refractivity contribution in [3.8, 4) is 0 Å². The molecule has 1 saturated carbocycles. The van der Waals surface area contributed by atoms with Gasteiger partial charge in [0.25, 0.3) is 0 Å². The van der Waals surface area contributed by atoms with E-state index in [0.29, 0.717) is 11.1 Å². The molecule has 0 heterocycles. The van der Waals surface area contributed by atoms with Gasteiger partial charge in [0, 0.05) is 17.0 Å². The first kappa shape index (κ1) is 10.6. The van der Waals surface area contributed by atoms with Crippen LogP contribution in [0.4, 0.5) is 4.39 Å². The van der Waals surface area contributed by atoms with Crippen molar-refractivity contribution in [3.63, 3.8) is 0 Å². The molecule has 15 heavy (non-hydrogen) atoms. The van der Waals surface area contributed by atoms with Crippen molar-refractivity contribution in [2.45, 2.75) is 31.2 Å². The Labute approximate surface area is 88.9 Å². The number of nitrogens with two attached hydrogens (primary N) is 1. The monoisotopic (exact) mass is 209 g/mol. The summed E-state index contributed by atoms with van der Waals surface area (Å²) in [5, 5.41) is 9.27. The summed E-state index contributed by atoms with van der Waals surface area (Å²) in [5.41, 5.74) is 6.52. The Morgan fingerprint density at radius 2 is 2.20 bits per heavy atom. The number of hydrogen-bond donors (Lipinski definition) is 2. The zero-order valence-electron chi connectivity index (χ0n) is 8.83. The predicted octanol–water partition coefficient (Wildman–Crippen LogP) is 1.87. The highest BCUT2D eigenvalue weighted by Gasteiger charge is 2.45. The van der Waals surface area contributed by atoms with Gasteiger partial charge in [-0.05, 0) is 25.3 Å². The Balaban J connectivity index is 2.45. The molecule has 0 aromatic heterocycles. The summed E-state index contributed by atoms with van der Waals surface area (Å²) < 4.78 is 14.1. The first-order valence-corrected chi connectivity index (χ1v) is 5.26. The lowest BCUT2D eigenvalue weighted by atomic mass is 9.93. The Kier molecular flexibility index (Phi) is 2.52. The van der Waals surface area contributed by atoms with E-state index in [1.807, 2.05) is 6.07 Å². The fraction of sp³-hybridized carbons (Fsp3) is 0.500. The van der Waals surface area contributed by atoms with Gasteiger partial charge < -0.3 is 10.8 Å². The molecule has 0 amide bonds. The number of rotatable bonds is 3. The minimum absolute atomic E-state index is 0.0202. The van der Waals surface area contributed by atoms with Crippen molar-refractivity contribution in [1.82, 2.24) is 0 Å². The van der Waals surface area contributed by atoms with Gasteiger partial charge in [0.1, 0.15) is 5.82 Å². The van der Waals surface area contributed by atoms with Crippen LogP contribution in [0.5, 0.6) is 0 Å². The number of aliphatic hydroxyl groups is 1. The molecule has 0 aliphatic heterocycles. The molecule has 0 spiro atoms. The number of halogens is 1. The van der Waals surface area contributed by atoms with Crippen LogP contribution in [-0.2, 0) is 5.41 Å². The smallest absolute Gasteiger partial charge is 0.131 e. The highest BCUT2D eigenvalue weighted by atomic mass is 19.1. The quantitative estimate of drug-likeness (QED) is 0.798. The van der Waals surface area contributed by atoms with Gasteiger partial charge in [0.15, 0.2) is 0 Å². The molecule has 1 aliphatic carbocycles. The Hall–Kier alpha value is -0.930. The zero-order chi connectivity index (χ0) is 11.1. The Morgan fingerprint density at radius 1 is 1.53 bits per heavy atom. The molecule has 82 valence electrons. The summed E-state index contributed by atoms with van der Waals surface area (Å²) in [6.45, 7) is 1.78. The van der Waals surface area contributed by atoms with E-state index >= 15 is 0 Å². The second kappa shape index (κ2) is 3.58. The van der Waals surface area contributed by atoms with E-state index in [9.17, 15) is 9.50 Å². The second-order valence-corrected chi connectivity index (χ2v) is 4.44. The highest BCUT2D eigenvalue weighted by molar-refractivity contribution is 5.37. The minimum Gasteiger partial charge on any atom is -0.395 e. The van der Waals surface area contributed by atoms with Crippen LogP contribution in [0.1, 0.15) is 36.9 Å². The number of hydrogen-bond acceptors (Lipinski definition) is 2. The van der Waals surface area contributed by atoms with Crippen molar-refractivity contribution in [2.24, 2.45) is 5.73 Å². The normalized spacial score (nSPS) is 20.0. The van der Waals surface area contributed by atoms with E-state index in [0.717, 1.165) is 12.8 Å². The van der Waals surface area contributed by atoms with E-state index in [2.05, 4.69) is 0 Å². The molecule has 1 aliphatic rings. The lowest BCUT2D eigenvalue weighted by molar-refractivity contribution is 0.252. The Morgan fingerprint density at radius 3 is 2.67 bits per heavy atom. The maximum absolute atomic E-state index is 14.1. The third-order valence-corrected chi connectivity index (χ3v) is 3.25. The standard InChI is InChI=1S/C12H16FNO/c1-8(14)9-3-2-4-10(11(9)13)12(7-15)5-6-12/h2-4,8,15H,5-7,14H2,1H3/t8-/m1/s1. The molecule has 1 fully saturated rings.